The lowest BCUT2D eigenvalue weighted by Crippen LogP contribution is -2.11. The SMILES string of the molecule is CCS(=O)(=O)CCCn1cc(CCO)nn1. The zero-order valence-corrected chi connectivity index (χ0v) is 10.2. The minimum atomic E-state index is -2.89. The van der Waals surface area contributed by atoms with Crippen molar-refractivity contribution < 1.29 is 13.5 Å². The zero-order chi connectivity index (χ0) is 12.0. The molecule has 1 N–H and O–H groups in total. The van der Waals surface area contributed by atoms with Crippen LogP contribution in [0, 0.1) is 0 Å². The van der Waals surface area contributed by atoms with Gasteiger partial charge in [-0.3, -0.25) is 4.68 Å². The Morgan fingerprint density at radius 1 is 1.50 bits per heavy atom. The molecule has 0 saturated heterocycles. The van der Waals surface area contributed by atoms with Crippen LogP contribution in [-0.2, 0) is 22.8 Å². The van der Waals surface area contributed by atoms with Gasteiger partial charge in [-0.2, -0.15) is 0 Å². The number of nitrogens with zero attached hydrogens (tertiary/aromatic N) is 3. The third kappa shape index (κ3) is 4.28. The highest BCUT2D eigenvalue weighted by molar-refractivity contribution is 7.91. The summed E-state index contributed by atoms with van der Waals surface area (Å²) in [5.74, 6) is 0.360. The highest BCUT2D eigenvalue weighted by atomic mass is 32.2. The first-order valence-electron chi connectivity index (χ1n) is 5.27. The lowest BCUT2D eigenvalue weighted by atomic mass is 10.3. The fraction of sp³-hybridized carbons (Fsp3) is 0.778. The lowest BCUT2D eigenvalue weighted by Gasteiger charge is -2.00. The molecule has 7 heteroatoms. The van der Waals surface area contributed by atoms with E-state index in [0.29, 0.717) is 19.4 Å². The van der Waals surface area contributed by atoms with Gasteiger partial charge >= 0.3 is 0 Å². The van der Waals surface area contributed by atoms with Crippen LogP contribution < -0.4 is 0 Å². The largest absolute Gasteiger partial charge is 0.396 e. The summed E-state index contributed by atoms with van der Waals surface area (Å²) in [6, 6.07) is 0. The van der Waals surface area contributed by atoms with Crippen molar-refractivity contribution >= 4 is 9.84 Å². The van der Waals surface area contributed by atoms with Crippen LogP contribution >= 0.6 is 0 Å². The van der Waals surface area contributed by atoms with Gasteiger partial charge in [-0.15, -0.1) is 5.10 Å². The maximum atomic E-state index is 11.2. The maximum absolute atomic E-state index is 11.2. The molecule has 0 amide bonds. The molecule has 0 aliphatic carbocycles. The van der Waals surface area contributed by atoms with E-state index < -0.39 is 9.84 Å². The van der Waals surface area contributed by atoms with Crippen molar-refractivity contribution in [1.82, 2.24) is 15.0 Å². The number of hydrogen-bond donors (Lipinski definition) is 1. The third-order valence-electron chi connectivity index (χ3n) is 2.24. The molecule has 1 heterocycles. The lowest BCUT2D eigenvalue weighted by molar-refractivity contribution is 0.298. The average molecular weight is 247 g/mol. The van der Waals surface area contributed by atoms with Crippen LogP contribution in [0.4, 0.5) is 0 Å². The number of aliphatic hydroxyl groups is 1. The van der Waals surface area contributed by atoms with E-state index in [1.807, 2.05) is 0 Å². The summed E-state index contributed by atoms with van der Waals surface area (Å²) >= 11 is 0. The van der Waals surface area contributed by atoms with Crippen molar-refractivity contribution in [1.29, 1.82) is 0 Å². The molecule has 0 aliphatic rings. The van der Waals surface area contributed by atoms with Crippen molar-refractivity contribution in [3.8, 4) is 0 Å². The summed E-state index contributed by atoms with van der Waals surface area (Å²) in [6.07, 6.45) is 2.75. The monoisotopic (exact) mass is 247 g/mol. The standard InChI is InChI=1S/C9H17N3O3S/c1-2-16(14,15)7-3-5-12-8-9(4-6-13)10-11-12/h8,13H,2-7H2,1H3. The molecule has 6 nitrogen and oxygen atoms in total. The Bertz CT molecular complexity index is 413. The molecular formula is C9H17N3O3S. The Morgan fingerprint density at radius 3 is 2.88 bits per heavy atom. The van der Waals surface area contributed by atoms with Gasteiger partial charge in [-0.05, 0) is 6.42 Å². The minimum Gasteiger partial charge on any atom is -0.396 e. The predicted octanol–water partition coefficient (Wildman–Crippen LogP) is -0.362. The molecule has 1 aromatic rings. The molecule has 0 unspecified atom stereocenters. The molecule has 0 aromatic carbocycles. The van der Waals surface area contributed by atoms with Gasteiger partial charge in [-0.25, -0.2) is 8.42 Å². The average Bonchev–Trinajstić information content (AvgIpc) is 2.66. The highest BCUT2D eigenvalue weighted by Crippen LogP contribution is 1.98. The van der Waals surface area contributed by atoms with Gasteiger partial charge in [0.2, 0.25) is 0 Å². The van der Waals surface area contributed by atoms with E-state index in [1.54, 1.807) is 17.8 Å². The van der Waals surface area contributed by atoms with E-state index in [4.69, 9.17) is 5.11 Å². The molecular weight excluding hydrogens is 230 g/mol. The fourth-order valence-electron chi connectivity index (χ4n) is 1.27. The van der Waals surface area contributed by atoms with Gasteiger partial charge in [0.05, 0.1) is 11.4 Å². The van der Waals surface area contributed by atoms with Crippen LogP contribution in [0.5, 0.6) is 0 Å². The number of aromatic nitrogens is 3. The molecule has 0 saturated carbocycles. The molecule has 92 valence electrons. The summed E-state index contributed by atoms with van der Waals surface area (Å²) < 4.78 is 24.0. The Labute approximate surface area is 95.2 Å². The van der Waals surface area contributed by atoms with Crippen LogP contribution in [0.2, 0.25) is 0 Å². The van der Waals surface area contributed by atoms with Gasteiger partial charge in [0.25, 0.3) is 0 Å². The highest BCUT2D eigenvalue weighted by Gasteiger charge is 2.07. The molecule has 16 heavy (non-hydrogen) atoms. The summed E-state index contributed by atoms with van der Waals surface area (Å²) in [5, 5.41) is 16.4. The second-order valence-corrected chi connectivity index (χ2v) is 6.01. The molecule has 0 radical (unpaired) electrons. The number of aryl methyl sites for hydroxylation is 1. The molecule has 0 spiro atoms. The topological polar surface area (TPSA) is 85.1 Å². The van der Waals surface area contributed by atoms with Crippen molar-refractivity contribution in [2.45, 2.75) is 26.3 Å². The fourth-order valence-corrected chi connectivity index (χ4v) is 2.13. The van der Waals surface area contributed by atoms with Gasteiger partial charge in [0, 0.05) is 31.5 Å². The van der Waals surface area contributed by atoms with Crippen molar-refractivity contribution in [2.75, 3.05) is 18.1 Å². The number of rotatable bonds is 7. The second kappa shape index (κ2) is 5.95. The summed E-state index contributed by atoms with van der Waals surface area (Å²) in [7, 11) is -2.89. The van der Waals surface area contributed by atoms with Crippen molar-refractivity contribution in [2.24, 2.45) is 0 Å². The van der Waals surface area contributed by atoms with Gasteiger partial charge in [0.15, 0.2) is 0 Å². The third-order valence-corrected chi connectivity index (χ3v) is 4.03. The summed E-state index contributed by atoms with van der Waals surface area (Å²) in [4.78, 5) is 0. The Morgan fingerprint density at radius 2 is 2.25 bits per heavy atom. The van der Waals surface area contributed by atoms with Gasteiger partial charge in [-0.1, -0.05) is 12.1 Å². The van der Waals surface area contributed by atoms with Crippen LogP contribution in [-0.4, -0.2) is 46.6 Å². The zero-order valence-electron chi connectivity index (χ0n) is 9.33. The van der Waals surface area contributed by atoms with E-state index in [0.717, 1.165) is 5.69 Å². The molecule has 0 atom stereocenters. The predicted molar refractivity (Wildman–Crippen MR) is 59.8 cm³/mol. The first kappa shape index (κ1) is 13.1. The van der Waals surface area contributed by atoms with Crippen LogP contribution in [0.1, 0.15) is 19.0 Å². The quantitative estimate of drug-likeness (QED) is 0.711. The normalized spacial score (nSPS) is 11.9. The van der Waals surface area contributed by atoms with E-state index in [2.05, 4.69) is 10.3 Å². The summed E-state index contributed by atoms with van der Waals surface area (Å²) in [5.41, 5.74) is 0.723. The smallest absolute Gasteiger partial charge is 0.150 e. The Hall–Kier alpha value is -0.950. The number of hydrogen-bond acceptors (Lipinski definition) is 5. The van der Waals surface area contributed by atoms with Gasteiger partial charge in [0.1, 0.15) is 9.84 Å². The molecule has 1 aromatic heterocycles. The first-order valence-corrected chi connectivity index (χ1v) is 7.10. The van der Waals surface area contributed by atoms with Crippen LogP contribution in [0.3, 0.4) is 0 Å². The summed E-state index contributed by atoms with van der Waals surface area (Å²) in [6.45, 7) is 2.23. The molecule has 0 bridgehead atoms. The van der Waals surface area contributed by atoms with E-state index in [1.165, 1.54) is 0 Å². The van der Waals surface area contributed by atoms with Crippen molar-refractivity contribution in [3.05, 3.63) is 11.9 Å². The van der Waals surface area contributed by atoms with E-state index in [9.17, 15) is 8.42 Å². The second-order valence-electron chi connectivity index (χ2n) is 3.54. The molecule has 1 rings (SSSR count). The Balaban J connectivity index is 2.37. The maximum Gasteiger partial charge on any atom is 0.150 e. The van der Waals surface area contributed by atoms with Crippen LogP contribution in [0.25, 0.3) is 0 Å². The molecule has 0 aliphatic heterocycles. The minimum absolute atomic E-state index is 0.0446. The number of sulfone groups is 1. The van der Waals surface area contributed by atoms with E-state index >= 15 is 0 Å². The Kier molecular flexibility index (Phi) is 4.88. The van der Waals surface area contributed by atoms with Crippen molar-refractivity contribution in [3.63, 3.8) is 0 Å². The van der Waals surface area contributed by atoms with Gasteiger partial charge < -0.3 is 5.11 Å². The molecule has 0 fully saturated rings. The van der Waals surface area contributed by atoms with E-state index in [-0.39, 0.29) is 18.1 Å². The van der Waals surface area contributed by atoms with Crippen LogP contribution in [0.15, 0.2) is 6.20 Å². The number of aliphatic hydroxyl groups excluding tert-OH is 1. The first-order chi connectivity index (χ1) is 7.57.